The van der Waals surface area contributed by atoms with Crippen molar-refractivity contribution >= 4 is 17.6 Å². The van der Waals surface area contributed by atoms with Crippen LogP contribution in [-0.2, 0) is 11.3 Å². The minimum atomic E-state index is -0.419. The zero-order valence-corrected chi connectivity index (χ0v) is 15.3. The second-order valence-electron chi connectivity index (χ2n) is 6.03. The molecular formula is C22H19FN2O3. The summed E-state index contributed by atoms with van der Waals surface area (Å²) in [5.41, 5.74) is 2.21. The van der Waals surface area contributed by atoms with E-state index in [9.17, 15) is 14.0 Å². The Morgan fingerprint density at radius 3 is 2.29 bits per heavy atom. The molecule has 1 heterocycles. The van der Waals surface area contributed by atoms with E-state index >= 15 is 0 Å². The summed E-state index contributed by atoms with van der Waals surface area (Å²) in [6.45, 7) is 2.31. The van der Waals surface area contributed by atoms with Crippen LogP contribution in [0, 0.1) is 5.82 Å². The Balaban J connectivity index is 1.92. The fourth-order valence-electron chi connectivity index (χ4n) is 2.69. The monoisotopic (exact) mass is 378 g/mol. The van der Waals surface area contributed by atoms with E-state index in [0.29, 0.717) is 16.8 Å². The lowest BCUT2D eigenvalue weighted by molar-refractivity contribution is 0.0526. The molecule has 0 aliphatic heterocycles. The predicted molar refractivity (Wildman–Crippen MR) is 104 cm³/mol. The third-order valence-electron chi connectivity index (χ3n) is 4.09. The molecule has 0 unspecified atom stereocenters. The summed E-state index contributed by atoms with van der Waals surface area (Å²) in [7, 11) is 0. The lowest BCUT2D eigenvalue weighted by atomic mass is 10.1. The summed E-state index contributed by atoms with van der Waals surface area (Å²) in [5.74, 6) is -1.11. The molecule has 0 saturated heterocycles. The van der Waals surface area contributed by atoms with Crippen molar-refractivity contribution in [1.29, 1.82) is 0 Å². The van der Waals surface area contributed by atoms with Gasteiger partial charge in [0, 0.05) is 23.6 Å². The van der Waals surface area contributed by atoms with Crippen molar-refractivity contribution in [2.24, 2.45) is 0 Å². The van der Waals surface area contributed by atoms with Crippen LogP contribution in [0.25, 0.3) is 0 Å². The fraction of sp³-hybridized carbons (Fsp3) is 0.136. The highest BCUT2D eigenvalue weighted by molar-refractivity contribution is 6.06. The fourth-order valence-corrected chi connectivity index (χ4v) is 2.69. The Kier molecular flexibility index (Phi) is 6.11. The second-order valence-corrected chi connectivity index (χ2v) is 6.03. The standard InChI is InChI=1S/C22H19FN2O3/c1-2-28-22(27)18-7-11-20(12-8-18)25(15-16-4-3-13-24-14-16)21(26)17-5-9-19(23)10-6-17/h3-14H,2,15H2,1H3. The Morgan fingerprint density at radius 1 is 1.00 bits per heavy atom. The molecule has 0 spiro atoms. The van der Waals surface area contributed by atoms with Gasteiger partial charge in [0.25, 0.3) is 5.91 Å². The second kappa shape index (κ2) is 8.90. The number of benzene rings is 2. The van der Waals surface area contributed by atoms with Crippen molar-refractivity contribution in [2.45, 2.75) is 13.5 Å². The van der Waals surface area contributed by atoms with Gasteiger partial charge in [-0.1, -0.05) is 6.07 Å². The molecule has 0 fully saturated rings. The van der Waals surface area contributed by atoms with Gasteiger partial charge in [-0.3, -0.25) is 9.78 Å². The van der Waals surface area contributed by atoms with Crippen molar-refractivity contribution in [3.63, 3.8) is 0 Å². The van der Waals surface area contributed by atoms with Crippen LogP contribution in [0.15, 0.2) is 73.1 Å². The van der Waals surface area contributed by atoms with Crippen LogP contribution in [-0.4, -0.2) is 23.5 Å². The highest BCUT2D eigenvalue weighted by Gasteiger charge is 2.19. The number of ether oxygens (including phenoxy) is 1. The molecule has 3 rings (SSSR count). The Hall–Kier alpha value is -3.54. The summed E-state index contributed by atoms with van der Waals surface area (Å²) in [4.78, 5) is 30.6. The molecule has 3 aromatic rings. The van der Waals surface area contributed by atoms with Crippen LogP contribution in [0.3, 0.4) is 0 Å². The Labute approximate surface area is 162 Å². The van der Waals surface area contributed by atoms with Gasteiger partial charge < -0.3 is 9.64 Å². The third kappa shape index (κ3) is 4.59. The summed E-state index contributed by atoms with van der Waals surface area (Å²) in [6, 6.07) is 15.6. The van der Waals surface area contributed by atoms with Gasteiger partial charge in [0.2, 0.25) is 0 Å². The van der Waals surface area contributed by atoms with Gasteiger partial charge in [-0.2, -0.15) is 0 Å². The van der Waals surface area contributed by atoms with Crippen LogP contribution >= 0.6 is 0 Å². The summed E-state index contributed by atoms with van der Waals surface area (Å²) in [6.07, 6.45) is 3.34. The van der Waals surface area contributed by atoms with Gasteiger partial charge >= 0.3 is 5.97 Å². The molecule has 0 saturated carbocycles. The number of halogens is 1. The lowest BCUT2D eigenvalue weighted by Crippen LogP contribution is -2.30. The molecule has 0 radical (unpaired) electrons. The first kappa shape index (κ1) is 19.2. The Bertz CT molecular complexity index is 942. The van der Waals surface area contributed by atoms with Gasteiger partial charge in [-0.05, 0) is 67.1 Å². The first-order valence-electron chi connectivity index (χ1n) is 8.82. The molecule has 0 atom stereocenters. The maximum absolute atomic E-state index is 13.2. The molecule has 142 valence electrons. The topological polar surface area (TPSA) is 59.5 Å². The van der Waals surface area contributed by atoms with E-state index in [2.05, 4.69) is 4.98 Å². The number of aromatic nitrogens is 1. The molecule has 0 bridgehead atoms. The van der Waals surface area contributed by atoms with E-state index in [1.807, 2.05) is 6.07 Å². The third-order valence-corrected chi connectivity index (χ3v) is 4.09. The van der Waals surface area contributed by atoms with E-state index < -0.39 is 11.8 Å². The van der Waals surface area contributed by atoms with Crippen molar-refractivity contribution < 1.29 is 18.7 Å². The van der Waals surface area contributed by atoms with Gasteiger partial charge in [0.05, 0.1) is 18.7 Å². The molecular weight excluding hydrogens is 359 g/mol. The van der Waals surface area contributed by atoms with E-state index in [4.69, 9.17) is 4.74 Å². The van der Waals surface area contributed by atoms with Crippen molar-refractivity contribution in [1.82, 2.24) is 4.98 Å². The molecule has 5 nitrogen and oxygen atoms in total. The number of amides is 1. The molecule has 1 amide bonds. The number of carbonyl (C=O) groups excluding carboxylic acids is 2. The molecule has 0 aliphatic rings. The van der Waals surface area contributed by atoms with Crippen LogP contribution in [0.1, 0.15) is 33.2 Å². The highest BCUT2D eigenvalue weighted by atomic mass is 19.1. The maximum atomic E-state index is 13.2. The number of anilines is 1. The lowest BCUT2D eigenvalue weighted by Gasteiger charge is -2.23. The van der Waals surface area contributed by atoms with E-state index in [1.165, 1.54) is 24.3 Å². The predicted octanol–water partition coefficient (Wildman–Crippen LogP) is 4.24. The minimum Gasteiger partial charge on any atom is -0.462 e. The number of carbonyl (C=O) groups is 2. The number of rotatable bonds is 6. The minimum absolute atomic E-state index is 0.281. The average Bonchev–Trinajstić information content (AvgIpc) is 2.73. The summed E-state index contributed by atoms with van der Waals surface area (Å²) in [5, 5.41) is 0. The smallest absolute Gasteiger partial charge is 0.338 e. The summed E-state index contributed by atoms with van der Waals surface area (Å²) < 4.78 is 18.2. The number of pyridine rings is 1. The highest BCUT2D eigenvalue weighted by Crippen LogP contribution is 2.21. The number of hydrogen-bond acceptors (Lipinski definition) is 4. The van der Waals surface area contributed by atoms with Crippen LogP contribution in [0.5, 0.6) is 0 Å². The van der Waals surface area contributed by atoms with E-state index in [1.54, 1.807) is 54.5 Å². The molecule has 0 N–H and O–H groups in total. The molecule has 2 aromatic carbocycles. The van der Waals surface area contributed by atoms with E-state index in [-0.39, 0.29) is 19.1 Å². The average molecular weight is 378 g/mol. The van der Waals surface area contributed by atoms with Crippen LogP contribution in [0.2, 0.25) is 0 Å². The van der Waals surface area contributed by atoms with E-state index in [0.717, 1.165) is 5.56 Å². The molecule has 0 aliphatic carbocycles. The van der Waals surface area contributed by atoms with Gasteiger partial charge in [0.1, 0.15) is 5.82 Å². The van der Waals surface area contributed by atoms with Crippen molar-refractivity contribution in [3.05, 3.63) is 95.6 Å². The Morgan fingerprint density at radius 2 is 1.68 bits per heavy atom. The van der Waals surface area contributed by atoms with Gasteiger partial charge in [0.15, 0.2) is 0 Å². The maximum Gasteiger partial charge on any atom is 0.338 e. The molecule has 28 heavy (non-hydrogen) atoms. The first-order valence-corrected chi connectivity index (χ1v) is 8.82. The number of nitrogens with zero attached hydrogens (tertiary/aromatic N) is 2. The van der Waals surface area contributed by atoms with Crippen LogP contribution in [0.4, 0.5) is 10.1 Å². The zero-order valence-electron chi connectivity index (χ0n) is 15.3. The van der Waals surface area contributed by atoms with Crippen molar-refractivity contribution in [2.75, 3.05) is 11.5 Å². The quantitative estimate of drug-likeness (QED) is 0.602. The summed E-state index contributed by atoms with van der Waals surface area (Å²) >= 11 is 0. The SMILES string of the molecule is CCOC(=O)c1ccc(N(Cc2cccnc2)C(=O)c2ccc(F)cc2)cc1. The van der Waals surface area contributed by atoms with Gasteiger partial charge in [-0.15, -0.1) is 0 Å². The van der Waals surface area contributed by atoms with Crippen LogP contribution < -0.4 is 4.90 Å². The molecule has 6 heteroatoms. The normalized spacial score (nSPS) is 10.4. The number of hydrogen-bond donors (Lipinski definition) is 0. The van der Waals surface area contributed by atoms with Crippen molar-refractivity contribution in [3.8, 4) is 0 Å². The largest absolute Gasteiger partial charge is 0.462 e. The zero-order chi connectivity index (χ0) is 19.9. The first-order chi connectivity index (χ1) is 13.6. The van der Waals surface area contributed by atoms with Gasteiger partial charge in [-0.25, -0.2) is 9.18 Å². The molecule has 1 aromatic heterocycles. The number of esters is 1.